The third-order valence-corrected chi connectivity index (χ3v) is 4.52. The summed E-state index contributed by atoms with van der Waals surface area (Å²) in [6, 6.07) is 0.319. The van der Waals surface area contributed by atoms with Gasteiger partial charge in [0.05, 0.1) is 0 Å². The zero-order valence-electron chi connectivity index (χ0n) is 8.85. The molecule has 0 aromatic rings. The van der Waals surface area contributed by atoms with Gasteiger partial charge in [0.15, 0.2) is 0 Å². The van der Waals surface area contributed by atoms with E-state index in [1.54, 1.807) is 0 Å². The average Bonchev–Trinajstić information content (AvgIpc) is 2.30. The molecule has 4 aliphatic heterocycles. The molecular weight excluding hydrogens is 192 g/mol. The summed E-state index contributed by atoms with van der Waals surface area (Å²) in [5.74, 6) is 0.753. The lowest BCUT2D eigenvalue weighted by molar-refractivity contribution is -0.142. The minimum atomic E-state index is -0.676. The first kappa shape index (κ1) is 9.60. The molecule has 4 fully saturated rings. The number of aliphatic carboxylic acids is 1. The normalized spacial score (nSPS) is 48.7. The highest BCUT2D eigenvalue weighted by atomic mass is 16.4. The van der Waals surface area contributed by atoms with Gasteiger partial charge in [-0.05, 0) is 44.2 Å². The largest absolute Gasteiger partial charge is 0.480 e. The first-order chi connectivity index (χ1) is 7.25. The van der Waals surface area contributed by atoms with Crippen LogP contribution < -0.4 is 5.32 Å². The number of carboxylic acid groups (broad SMARTS) is 1. The third kappa shape index (κ3) is 1.47. The summed E-state index contributed by atoms with van der Waals surface area (Å²) in [6.45, 7) is 3.33. The van der Waals surface area contributed by atoms with Crippen LogP contribution in [0.4, 0.5) is 0 Å². The highest BCUT2D eigenvalue weighted by Gasteiger charge is 2.46. The molecular formula is C11H18N2O2. The number of carboxylic acids is 1. The van der Waals surface area contributed by atoms with Crippen LogP contribution >= 0.6 is 0 Å². The summed E-state index contributed by atoms with van der Waals surface area (Å²) < 4.78 is 0. The molecule has 4 rings (SSSR count). The maximum Gasteiger partial charge on any atom is 0.320 e. The fourth-order valence-electron chi connectivity index (χ4n) is 3.70. The van der Waals surface area contributed by atoms with Crippen LogP contribution in [0.3, 0.4) is 0 Å². The summed E-state index contributed by atoms with van der Waals surface area (Å²) in [5.41, 5.74) is 0. The van der Waals surface area contributed by atoms with E-state index >= 15 is 0 Å². The lowest BCUT2D eigenvalue weighted by Crippen LogP contribution is -2.64. The Morgan fingerprint density at radius 1 is 1.33 bits per heavy atom. The molecule has 0 radical (unpaired) electrons. The van der Waals surface area contributed by atoms with Gasteiger partial charge in [-0.2, -0.15) is 0 Å². The second kappa shape index (κ2) is 3.46. The Balaban J connectivity index is 1.76. The summed E-state index contributed by atoms with van der Waals surface area (Å²) >= 11 is 0. The number of rotatable bonds is 1. The Labute approximate surface area is 89.6 Å². The summed E-state index contributed by atoms with van der Waals surface area (Å²) in [4.78, 5) is 13.5. The first-order valence-corrected chi connectivity index (χ1v) is 5.96. The van der Waals surface area contributed by atoms with Gasteiger partial charge in [-0.15, -0.1) is 0 Å². The number of nitrogens with one attached hydrogen (secondary N) is 1. The molecule has 4 heteroatoms. The number of fused-ring (bicyclic) bond motifs is 2. The SMILES string of the molecule is O=C(O)C1CC2C3CCN(CC3)C2CN1. The highest BCUT2D eigenvalue weighted by molar-refractivity contribution is 5.73. The van der Waals surface area contributed by atoms with E-state index in [0.29, 0.717) is 12.0 Å². The van der Waals surface area contributed by atoms with Gasteiger partial charge < -0.3 is 10.4 Å². The number of carbonyl (C=O) groups is 1. The minimum absolute atomic E-state index is 0.299. The second-order valence-corrected chi connectivity index (χ2v) is 5.14. The number of hydrogen-bond donors (Lipinski definition) is 2. The minimum Gasteiger partial charge on any atom is -0.480 e. The maximum absolute atomic E-state index is 11.0. The van der Waals surface area contributed by atoms with Gasteiger partial charge in [0, 0.05) is 12.6 Å². The Kier molecular flexibility index (Phi) is 2.21. The number of nitrogens with zero attached hydrogens (tertiary/aromatic N) is 1. The third-order valence-electron chi connectivity index (χ3n) is 4.52. The monoisotopic (exact) mass is 210 g/mol. The van der Waals surface area contributed by atoms with Crippen LogP contribution in [0, 0.1) is 11.8 Å². The van der Waals surface area contributed by atoms with Crippen LogP contribution in [0.2, 0.25) is 0 Å². The molecule has 4 saturated heterocycles. The molecule has 3 atom stereocenters. The highest BCUT2D eigenvalue weighted by Crippen LogP contribution is 2.40. The smallest absolute Gasteiger partial charge is 0.320 e. The first-order valence-electron chi connectivity index (χ1n) is 5.96. The van der Waals surface area contributed by atoms with Crippen molar-refractivity contribution < 1.29 is 9.90 Å². The predicted molar refractivity (Wildman–Crippen MR) is 55.6 cm³/mol. The van der Waals surface area contributed by atoms with Gasteiger partial charge in [0.1, 0.15) is 6.04 Å². The molecule has 0 amide bonds. The lowest BCUT2D eigenvalue weighted by Gasteiger charge is -2.54. The zero-order valence-corrected chi connectivity index (χ0v) is 8.85. The molecule has 4 heterocycles. The van der Waals surface area contributed by atoms with E-state index in [9.17, 15) is 4.79 Å². The van der Waals surface area contributed by atoms with Crippen LogP contribution in [-0.4, -0.2) is 47.7 Å². The van der Waals surface area contributed by atoms with E-state index in [1.807, 2.05) is 0 Å². The lowest BCUT2D eigenvalue weighted by atomic mass is 9.69. The van der Waals surface area contributed by atoms with Crippen molar-refractivity contribution in [2.75, 3.05) is 19.6 Å². The van der Waals surface area contributed by atoms with Crippen molar-refractivity contribution in [3.63, 3.8) is 0 Å². The summed E-state index contributed by atoms with van der Waals surface area (Å²) in [7, 11) is 0. The standard InChI is InChI=1S/C11H18N2O2/c14-11(15)9-5-8-7-1-3-13(4-2-7)10(8)6-12-9/h7-10,12H,1-6H2,(H,14,15). The summed E-state index contributed by atoms with van der Waals surface area (Å²) in [6.07, 6.45) is 3.40. The fraction of sp³-hybridized carbons (Fsp3) is 0.909. The summed E-state index contributed by atoms with van der Waals surface area (Å²) in [5, 5.41) is 12.2. The average molecular weight is 210 g/mol. The second-order valence-electron chi connectivity index (χ2n) is 5.14. The molecule has 2 N–H and O–H groups in total. The molecule has 0 saturated carbocycles. The van der Waals surface area contributed by atoms with E-state index in [0.717, 1.165) is 18.9 Å². The van der Waals surface area contributed by atoms with E-state index in [2.05, 4.69) is 10.2 Å². The number of hydrogen-bond acceptors (Lipinski definition) is 3. The molecule has 0 aromatic heterocycles. The van der Waals surface area contributed by atoms with Crippen LogP contribution in [0.1, 0.15) is 19.3 Å². The van der Waals surface area contributed by atoms with E-state index in [4.69, 9.17) is 5.11 Å². The van der Waals surface area contributed by atoms with Crippen molar-refractivity contribution in [3.05, 3.63) is 0 Å². The molecule has 3 unspecified atom stereocenters. The molecule has 15 heavy (non-hydrogen) atoms. The Hall–Kier alpha value is -0.610. The van der Waals surface area contributed by atoms with Crippen LogP contribution in [0.15, 0.2) is 0 Å². The Bertz CT molecular complexity index is 274. The van der Waals surface area contributed by atoms with Crippen molar-refractivity contribution in [1.82, 2.24) is 10.2 Å². The van der Waals surface area contributed by atoms with E-state index in [1.165, 1.54) is 25.9 Å². The van der Waals surface area contributed by atoms with E-state index in [-0.39, 0.29) is 6.04 Å². The van der Waals surface area contributed by atoms with Crippen molar-refractivity contribution in [2.45, 2.75) is 31.3 Å². The molecule has 0 aliphatic carbocycles. The molecule has 2 bridgehead atoms. The maximum atomic E-state index is 11.0. The van der Waals surface area contributed by atoms with Gasteiger partial charge in [0.25, 0.3) is 0 Å². The molecule has 0 aromatic carbocycles. The van der Waals surface area contributed by atoms with Crippen LogP contribution in [0.25, 0.3) is 0 Å². The predicted octanol–water partition coefficient (Wildman–Crippen LogP) is 0.143. The van der Waals surface area contributed by atoms with Crippen LogP contribution in [-0.2, 0) is 4.79 Å². The molecule has 4 nitrogen and oxygen atoms in total. The van der Waals surface area contributed by atoms with Crippen molar-refractivity contribution >= 4 is 5.97 Å². The molecule has 4 aliphatic rings. The van der Waals surface area contributed by atoms with Gasteiger partial charge in [0.2, 0.25) is 0 Å². The van der Waals surface area contributed by atoms with Crippen molar-refractivity contribution in [1.29, 1.82) is 0 Å². The Morgan fingerprint density at radius 2 is 2.07 bits per heavy atom. The zero-order chi connectivity index (χ0) is 10.4. The van der Waals surface area contributed by atoms with E-state index < -0.39 is 5.97 Å². The van der Waals surface area contributed by atoms with Crippen molar-refractivity contribution in [3.8, 4) is 0 Å². The number of piperidine rings is 4. The van der Waals surface area contributed by atoms with Gasteiger partial charge in [-0.3, -0.25) is 9.69 Å². The van der Waals surface area contributed by atoms with Crippen molar-refractivity contribution in [2.24, 2.45) is 11.8 Å². The van der Waals surface area contributed by atoms with Crippen LogP contribution in [0.5, 0.6) is 0 Å². The molecule has 0 spiro atoms. The van der Waals surface area contributed by atoms with Gasteiger partial charge >= 0.3 is 5.97 Å². The van der Waals surface area contributed by atoms with Gasteiger partial charge in [-0.25, -0.2) is 0 Å². The molecule has 84 valence electrons. The quantitative estimate of drug-likeness (QED) is 0.646. The topological polar surface area (TPSA) is 52.6 Å². The Morgan fingerprint density at radius 3 is 2.73 bits per heavy atom. The fourth-order valence-corrected chi connectivity index (χ4v) is 3.70. The van der Waals surface area contributed by atoms with Gasteiger partial charge in [-0.1, -0.05) is 0 Å².